The number of carbonyl (C=O) groups is 2. The molecule has 1 aromatic rings. The number of amides is 2. The average Bonchev–Trinajstić information content (AvgIpc) is 3.24. The molecule has 2 amide bonds. The first-order chi connectivity index (χ1) is 11.6. The van der Waals surface area contributed by atoms with Crippen LogP contribution in [0.1, 0.15) is 42.0 Å². The highest BCUT2D eigenvalue weighted by Crippen LogP contribution is 2.28. The zero-order valence-electron chi connectivity index (χ0n) is 14.2. The fraction of sp³-hybridized carbons (Fsp3) is 0.611. The van der Waals surface area contributed by atoms with Gasteiger partial charge < -0.3 is 9.80 Å². The van der Waals surface area contributed by atoms with Gasteiger partial charge in [-0.2, -0.15) is 0 Å². The molecular weight excluding hydrogens is 322 g/mol. The van der Waals surface area contributed by atoms with Crippen molar-refractivity contribution in [3.05, 3.63) is 22.2 Å². The van der Waals surface area contributed by atoms with Crippen molar-refractivity contribution in [3.63, 3.8) is 0 Å². The van der Waals surface area contributed by atoms with Crippen LogP contribution in [0.3, 0.4) is 0 Å². The minimum Gasteiger partial charge on any atom is -0.339 e. The molecule has 0 unspecified atom stereocenters. The van der Waals surface area contributed by atoms with Crippen molar-refractivity contribution in [2.45, 2.75) is 39.0 Å². The van der Waals surface area contributed by atoms with Crippen LogP contribution in [-0.2, 0) is 9.59 Å². The maximum Gasteiger partial charge on any atom is 0.246 e. The molecule has 6 heteroatoms. The second-order valence-electron chi connectivity index (χ2n) is 6.68. The summed E-state index contributed by atoms with van der Waals surface area (Å²) in [4.78, 5) is 33.5. The number of thiazole rings is 1. The van der Waals surface area contributed by atoms with Crippen LogP contribution in [0.2, 0.25) is 0 Å². The molecule has 0 bridgehead atoms. The molecule has 2 heterocycles. The Kier molecular flexibility index (Phi) is 5.66. The Hall–Kier alpha value is -1.69. The fourth-order valence-electron chi connectivity index (χ4n) is 3.48. The van der Waals surface area contributed by atoms with E-state index >= 15 is 0 Å². The molecule has 0 aromatic carbocycles. The molecule has 1 aliphatic heterocycles. The van der Waals surface area contributed by atoms with E-state index in [2.05, 4.69) is 4.98 Å². The SMILES string of the molecule is Cc1ncc(C=CC(=O)N2CCN(C(=O)CC3CCCC3)CC2)s1. The molecule has 1 aromatic heterocycles. The van der Waals surface area contributed by atoms with Gasteiger partial charge in [0.05, 0.1) is 5.01 Å². The molecule has 0 spiro atoms. The predicted molar refractivity (Wildman–Crippen MR) is 95.6 cm³/mol. The largest absolute Gasteiger partial charge is 0.339 e. The van der Waals surface area contributed by atoms with Crippen molar-refractivity contribution >= 4 is 29.2 Å². The Morgan fingerprint density at radius 1 is 1.21 bits per heavy atom. The average molecular weight is 347 g/mol. The summed E-state index contributed by atoms with van der Waals surface area (Å²) in [7, 11) is 0. The quantitative estimate of drug-likeness (QED) is 0.787. The van der Waals surface area contributed by atoms with Crippen molar-refractivity contribution in [1.29, 1.82) is 0 Å². The van der Waals surface area contributed by atoms with Crippen LogP contribution < -0.4 is 0 Å². The molecule has 130 valence electrons. The van der Waals surface area contributed by atoms with Crippen molar-refractivity contribution in [3.8, 4) is 0 Å². The summed E-state index contributed by atoms with van der Waals surface area (Å²) in [6, 6.07) is 0. The molecular formula is C18H25N3O2S. The van der Waals surface area contributed by atoms with E-state index in [0.29, 0.717) is 38.5 Å². The Morgan fingerprint density at radius 3 is 2.50 bits per heavy atom. The van der Waals surface area contributed by atoms with Gasteiger partial charge in [0.2, 0.25) is 11.8 Å². The lowest BCUT2D eigenvalue weighted by atomic mass is 10.0. The zero-order chi connectivity index (χ0) is 16.9. The van der Waals surface area contributed by atoms with Gasteiger partial charge in [-0.15, -0.1) is 11.3 Å². The van der Waals surface area contributed by atoms with E-state index in [1.807, 2.05) is 22.8 Å². The van der Waals surface area contributed by atoms with E-state index in [4.69, 9.17) is 0 Å². The van der Waals surface area contributed by atoms with Crippen molar-refractivity contribution in [2.75, 3.05) is 26.2 Å². The molecule has 1 saturated carbocycles. The Morgan fingerprint density at radius 2 is 1.88 bits per heavy atom. The maximum absolute atomic E-state index is 12.3. The zero-order valence-corrected chi connectivity index (χ0v) is 15.1. The Labute approximate surface area is 147 Å². The van der Waals surface area contributed by atoms with Gasteiger partial charge in [-0.05, 0) is 31.8 Å². The van der Waals surface area contributed by atoms with E-state index in [1.165, 1.54) is 25.7 Å². The van der Waals surface area contributed by atoms with Gasteiger partial charge in [0, 0.05) is 49.7 Å². The smallest absolute Gasteiger partial charge is 0.246 e. The summed E-state index contributed by atoms with van der Waals surface area (Å²) in [5, 5.41) is 0.997. The second kappa shape index (κ2) is 7.92. The first-order valence-electron chi connectivity index (χ1n) is 8.79. The highest BCUT2D eigenvalue weighted by Gasteiger charge is 2.26. The third kappa shape index (κ3) is 4.44. The summed E-state index contributed by atoms with van der Waals surface area (Å²) in [5.74, 6) is 0.872. The molecule has 0 N–H and O–H groups in total. The third-order valence-electron chi connectivity index (χ3n) is 4.91. The number of nitrogens with zero attached hydrogens (tertiary/aromatic N) is 3. The lowest BCUT2D eigenvalue weighted by Crippen LogP contribution is -2.50. The van der Waals surface area contributed by atoms with Crippen LogP contribution in [0.5, 0.6) is 0 Å². The number of hydrogen-bond donors (Lipinski definition) is 0. The number of carbonyl (C=O) groups excluding carboxylic acids is 2. The summed E-state index contributed by atoms with van der Waals surface area (Å²) in [5.41, 5.74) is 0. The van der Waals surface area contributed by atoms with Crippen LogP contribution in [0.4, 0.5) is 0 Å². The highest BCUT2D eigenvalue weighted by atomic mass is 32.1. The van der Waals surface area contributed by atoms with Gasteiger partial charge in [-0.25, -0.2) is 4.98 Å². The van der Waals surface area contributed by atoms with Crippen molar-refractivity contribution < 1.29 is 9.59 Å². The number of piperazine rings is 1. The predicted octanol–water partition coefficient (Wildman–Crippen LogP) is 2.72. The summed E-state index contributed by atoms with van der Waals surface area (Å²) >= 11 is 1.57. The minimum atomic E-state index is 0.0175. The molecule has 1 aliphatic carbocycles. The molecule has 0 radical (unpaired) electrons. The van der Waals surface area contributed by atoms with Crippen LogP contribution in [0, 0.1) is 12.8 Å². The summed E-state index contributed by atoms with van der Waals surface area (Å²) in [6.45, 7) is 4.52. The molecule has 5 nitrogen and oxygen atoms in total. The summed E-state index contributed by atoms with van der Waals surface area (Å²) < 4.78 is 0. The first-order valence-corrected chi connectivity index (χ1v) is 9.60. The van der Waals surface area contributed by atoms with E-state index in [9.17, 15) is 9.59 Å². The van der Waals surface area contributed by atoms with Gasteiger partial charge >= 0.3 is 0 Å². The topological polar surface area (TPSA) is 53.5 Å². The Bertz CT molecular complexity index is 612. The van der Waals surface area contributed by atoms with E-state index in [0.717, 1.165) is 9.88 Å². The van der Waals surface area contributed by atoms with Crippen LogP contribution in [0.15, 0.2) is 12.3 Å². The third-order valence-corrected chi connectivity index (χ3v) is 5.79. The molecule has 1 saturated heterocycles. The second-order valence-corrected chi connectivity index (χ2v) is 7.94. The van der Waals surface area contributed by atoms with Crippen LogP contribution in [-0.4, -0.2) is 52.8 Å². The molecule has 24 heavy (non-hydrogen) atoms. The highest BCUT2D eigenvalue weighted by molar-refractivity contribution is 7.12. The monoisotopic (exact) mass is 347 g/mol. The number of aryl methyl sites for hydroxylation is 1. The summed E-state index contributed by atoms with van der Waals surface area (Å²) in [6.07, 6.45) is 10.9. The van der Waals surface area contributed by atoms with Gasteiger partial charge in [0.15, 0.2) is 0 Å². The van der Waals surface area contributed by atoms with Gasteiger partial charge in [-0.3, -0.25) is 9.59 Å². The molecule has 0 atom stereocenters. The molecule has 3 rings (SSSR count). The van der Waals surface area contributed by atoms with E-state index < -0.39 is 0 Å². The van der Waals surface area contributed by atoms with Crippen LogP contribution >= 0.6 is 11.3 Å². The van der Waals surface area contributed by atoms with Gasteiger partial charge in [-0.1, -0.05) is 12.8 Å². The van der Waals surface area contributed by atoms with E-state index in [1.54, 1.807) is 23.6 Å². The fourth-order valence-corrected chi connectivity index (χ4v) is 4.17. The van der Waals surface area contributed by atoms with Gasteiger partial charge in [0.25, 0.3) is 0 Å². The van der Waals surface area contributed by atoms with Crippen LogP contribution in [0.25, 0.3) is 6.08 Å². The lowest BCUT2D eigenvalue weighted by molar-refractivity contribution is -0.137. The lowest BCUT2D eigenvalue weighted by Gasteiger charge is -2.34. The Balaban J connectivity index is 1.44. The molecule has 2 fully saturated rings. The normalized spacial score (nSPS) is 19.4. The number of rotatable bonds is 4. The minimum absolute atomic E-state index is 0.0175. The first kappa shape index (κ1) is 17.1. The number of aromatic nitrogens is 1. The van der Waals surface area contributed by atoms with Gasteiger partial charge in [0.1, 0.15) is 0 Å². The maximum atomic E-state index is 12.3. The standard InChI is InChI=1S/C18H25N3O2S/c1-14-19-13-16(24-14)6-7-17(22)20-8-10-21(11-9-20)18(23)12-15-4-2-3-5-15/h6-7,13,15H,2-5,8-12H2,1H3. The van der Waals surface area contributed by atoms with Crippen molar-refractivity contribution in [2.24, 2.45) is 5.92 Å². The molecule has 2 aliphatic rings. The number of hydrogen-bond acceptors (Lipinski definition) is 4. The van der Waals surface area contributed by atoms with E-state index in [-0.39, 0.29) is 11.8 Å². The van der Waals surface area contributed by atoms with Crippen molar-refractivity contribution in [1.82, 2.24) is 14.8 Å².